The minimum atomic E-state index is 0.198. The van der Waals surface area contributed by atoms with Gasteiger partial charge < -0.3 is 4.74 Å². The number of carbonyl (C=O) groups excluding carboxylic acids is 1. The molecule has 14 heavy (non-hydrogen) atoms. The van der Waals surface area contributed by atoms with E-state index in [0.717, 1.165) is 24.7 Å². The zero-order valence-electron chi connectivity index (χ0n) is 8.33. The van der Waals surface area contributed by atoms with Crippen LogP contribution in [0.25, 0.3) is 0 Å². The van der Waals surface area contributed by atoms with Crippen LogP contribution in [0.2, 0.25) is 0 Å². The lowest BCUT2D eigenvalue weighted by Crippen LogP contribution is -2.23. The molecule has 0 aromatic heterocycles. The van der Waals surface area contributed by atoms with Crippen LogP contribution in [-0.4, -0.2) is 22.7 Å². The lowest BCUT2D eigenvalue weighted by atomic mass is 9.98. The number of fused-ring (bicyclic) bond motifs is 1. The van der Waals surface area contributed by atoms with Gasteiger partial charge in [-0.05, 0) is 38.2 Å². The topological polar surface area (TPSA) is 26.3 Å². The number of thioether (sulfide) groups is 1. The van der Waals surface area contributed by atoms with Gasteiger partial charge in [0.05, 0.1) is 0 Å². The molecule has 0 bridgehead atoms. The fourth-order valence-corrected chi connectivity index (χ4v) is 3.51. The molecule has 2 aliphatic rings. The van der Waals surface area contributed by atoms with Gasteiger partial charge in [-0.25, -0.2) is 4.79 Å². The van der Waals surface area contributed by atoms with Crippen LogP contribution in [0.1, 0.15) is 38.5 Å². The van der Waals surface area contributed by atoms with Crippen molar-refractivity contribution in [2.75, 3.05) is 6.61 Å². The van der Waals surface area contributed by atoms with Gasteiger partial charge >= 0.3 is 0 Å². The fraction of sp³-hybridized carbons (Fsp3) is 0.818. The molecule has 0 radical (unpaired) electrons. The molecular weight excluding hydrogens is 196 g/mol. The zero-order chi connectivity index (χ0) is 9.86. The second-order valence-electron chi connectivity index (χ2n) is 3.98. The summed E-state index contributed by atoms with van der Waals surface area (Å²) in [5.41, 5.74) is 0. The van der Waals surface area contributed by atoms with E-state index in [4.69, 9.17) is 4.74 Å². The summed E-state index contributed by atoms with van der Waals surface area (Å²) in [4.78, 5) is 10.1. The van der Waals surface area contributed by atoms with Crippen molar-refractivity contribution in [2.45, 2.75) is 48.7 Å². The van der Waals surface area contributed by atoms with E-state index in [1.165, 1.54) is 25.7 Å². The molecule has 1 saturated heterocycles. The first-order valence-corrected chi connectivity index (χ1v) is 6.26. The molecule has 0 aromatic carbocycles. The maximum atomic E-state index is 9.92. The Morgan fingerprint density at radius 3 is 3.29 bits per heavy atom. The van der Waals surface area contributed by atoms with Crippen LogP contribution < -0.4 is 0 Å². The number of allylic oxidation sites excluding steroid dienone is 1. The SMILES string of the molecule is O=C=CCCCOC12CCCCC1S2. The second kappa shape index (κ2) is 4.52. The molecule has 3 heteroatoms. The monoisotopic (exact) mass is 212 g/mol. The molecule has 1 heterocycles. The quantitative estimate of drug-likeness (QED) is 0.398. The maximum Gasteiger partial charge on any atom is 0.126 e. The Morgan fingerprint density at radius 2 is 2.50 bits per heavy atom. The fourth-order valence-electron chi connectivity index (χ4n) is 2.10. The summed E-state index contributed by atoms with van der Waals surface area (Å²) >= 11 is 2.00. The highest BCUT2D eigenvalue weighted by molar-refractivity contribution is 8.08. The van der Waals surface area contributed by atoms with Gasteiger partial charge in [0.15, 0.2) is 0 Å². The molecule has 78 valence electrons. The molecule has 1 aliphatic carbocycles. The van der Waals surface area contributed by atoms with Crippen molar-refractivity contribution >= 4 is 17.7 Å². The van der Waals surface area contributed by atoms with Gasteiger partial charge in [-0.15, -0.1) is 11.8 Å². The summed E-state index contributed by atoms with van der Waals surface area (Å²) in [5, 5.41) is 0.776. The maximum absolute atomic E-state index is 9.92. The van der Waals surface area contributed by atoms with Crippen LogP contribution in [0.3, 0.4) is 0 Å². The van der Waals surface area contributed by atoms with E-state index in [1.807, 2.05) is 11.8 Å². The molecule has 2 atom stereocenters. The predicted octanol–water partition coefficient (Wildman–Crippen LogP) is 2.56. The predicted molar refractivity (Wildman–Crippen MR) is 58.0 cm³/mol. The molecule has 2 rings (SSSR count). The van der Waals surface area contributed by atoms with Crippen molar-refractivity contribution in [1.82, 2.24) is 0 Å². The van der Waals surface area contributed by atoms with Gasteiger partial charge in [0.1, 0.15) is 10.9 Å². The highest BCUT2D eigenvalue weighted by Crippen LogP contribution is 2.62. The van der Waals surface area contributed by atoms with E-state index in [2.05, 4.69) is 0 Å². The van der Waals surface area contributed by atoms with Crippen LogP contribution >= 0.6 is 11.8 Å². The molecular formula is C11H16O2S. The van der Waals surface area contributed by atoms with Crippen molar-refractivity contribution < 1.29 is 9.53 Å². The van der Waals surface area contributed by atoms with E-state index in [-0.39, 0.29) is 4.93 Å². The first-order chi connectivity index (χ1) is 6.87. The number of hydrogen-bond acceptors (Lipinski definition) is 3. The van der Waals surface area contributed by atoms with Gasteiger partial charge in [-0.3, -0.25) is 0 Å². The number of ether oxygens (including phenoxy) is 1. The standard InChI is InChI=1S/C11H16O2S/c12-8-4-1-5-9-13-11-7-3-2-6-10(11)14-11/h4,10H,1-3,5-7,9H2. The summed E-state index contributed by atoms with van der Waals surface area (Å²) in [6, 6.07) is 0. The summed E-state index contributed by atoms with van der Waals surface area (Å²) < 4.78 is 5.90. The normalized spacial score (nSPS) is 34.4. The summed E-state index contributed by atoms with van der Waals surface area (Å²) in [6.07, 6.45) is 8.54. The van der Waals surface area contributed by atoms with Crippen LogP contribution in [0.5, 0.6) is 0 Å². The van der Waals surface area contributed by atoms with E-state index in [9.17, 15) is 4.79 Å². The van der Waals surface area contributed by atoms with Gasteiger partial charge in [-0.1, -0.05) is 6.42 Å². The van der Waals surface area contributed by atoms with E-state index >= 15 is 0 Å². The Hall–Kier alpha value is -0.240. The Labute approximate surface area is 89.1 Å². The Morgan fingerprint density at radius 1 is 1.57 bits per heavy atom. The lowest BCUT2D eigenvalue weighted by molar-refractivity contribution is 0.0314. The largest absolute Gasteiger partial charge is 0.363 e. The summed E-state index contributed by atoms with van der Waals surface area (Å²) in [6.45, 7) is 0.793. The van der Waals surface area contributed by atoms with E-state index < -0.39 is 0 Å². The molecule has 0 aromatic rings. The Balaban J connectivity index is 1.64. The smallest absolute Gasteiger partial charge is 0.126 e. The first kappa shape index (κ1) is 10.3. The van der Waals surface area contributed by atoms with Crippen LogP contribution in [0.15, 0.2) is 6.08 Å². The molecule has 2 unspecified atom stereocenters. The van der Waals surface area contributed by atoms with Crippen molar-refractivity contribution in [3.63, 3.8) is 0 Å². The Bertz CT molecular complexity index is 248. The van der Waals surface area contributed by atoms with Gasteiger partial charge in [0, 0.05) is 11.9 Å². The number of hydrogen-bond donors (Lipinski definition) is 0. The van der Waals surface area contributed by atoms with Gasteiger partial charge in [0.25, 0.3) is 0 Å². The lowest BCUT2D eigenvalue weighted by Gasteiger charge is -2.20. The van der Waals surface area contributed by atoms with Crippen molar-refractivity contribution in [2.24, 2.45) is 0 Å². The van der Waals surface area contributed by atoms with Crippen molar-refractivity contribution in [1.29, 1.82) is 0 Å². The molecule has 1 aliphatic heterocycles. The van der Waals surface area contributed by atoms with Crippen molar-refractivity contribution in [3.8, 4) is 0 Å². The highest BCUT2D eigenvalue weighted by atomic mass is 32.2. The third-order valence-electron chi connectivity index (χ3n) is 2.94. The van der Waals surface area contributed by atoms with Crippen LogP contribution in [0.4, 0.5) is 0 Å². The minimum absolute atomic E-state index is 0.198. The average molecular weight is 212 g/mol. The Kier molecular flexibility index (Phi) is 3.32. The van der Waals surface area contributed by atoms with Crippen molar-refractivity contribution in [3.05, 3.63) is 6.08 Å². The molecule has 2 nitrogen and oxygen atoms in total. The number of rotatable bonds is 5. The third-order valence-corrected chi connectivity index (χ3v) is 4.59. The summed E-state index contributed by atoms with van der Waals surface area (Å²) in [5.74, 6) is 1.79. The van der Waals surface area contributed by atoms with E-state index in [0.29, 0.717) is 0 Å². The van der Waals surface area contributed by atoms with Gasteiger partial charge in [0.2, 0.25) is 0 Å². The average Bonchev–Trinajstić information content (AvgIpc) is 2.92. The van der Waals surface area contributed by atoms with Gasteiger partial charge in [-0.2, -0.15) is 0 Å². The molecule has 1 saturated carbocycles. The molecule has 0 N–H and O–H groups in total. The van der Waals surface area contributed by atoms with E-state index in [1.54, 1.807) is 12.0 Å². The van der Waals surface area contributed by atoms with Crippen LogP contribution in [-0.2, 0) is 9.53 Å². The summed E-state index contributed by atoms with van der Waals surface area (Å²) in [7, 11) is 0. The minimum Gasteiger partial charge on any atom is -0.363 e. The second-order valence-corrected chi connectivity index (χ2v) is 5.47. The zero-order valence-corrected chi connectivity index (χ0v) is 9.15. The highest BCUT2D eigenvalue weighted by Gasteiger charge is 2.57. The molecule has 0 amide bonds. The third kappa shape index (κ3) is 2.22. The van der Waals surface area contributed by atoms with Crippen LogP contribution in [0, 0.1) is 0 Å². The first-order valence-electron chi connectivity index (χ1n) is 5.38. The molecule has 0 spiro atoms. The molecule has 2 fully saturated rings. The number of unbranched alkanes of at least 4 members (excludes halogenated alkanes) is 1.